The molecule has 0 saturated carbocycles. The third-order valence-corrected chi connectivity index (χ3v) is 5.63. The summed E-state index contributed by atoms with van der Waals surface area (Å²) in [5, 5.41) is 3.62. The minimum atomic E-state index is 0.614. The van der Waals surface area contributed by atoms with Crippen molar-refractivity contribution in [3.05, 3.63) is 29.8 Å². The van der Waals surface area contributed by atoms with Gasteiger partial charge in [-0.1, -0.05) is 39.0 Å². The number of hydrogen-bond acceptors (Lipinski definition) is 2. The van der Waals surface area contributed by atoms with E-state index in [2.05, 4.69) is 57.3 Å². The molecule has 1 aromatic carbocycles. The topological polar surface area (TPSA) is 12.0 Å². The second-order valence-corrected chi connectivity index (χ2v) is 7.10. The maximum Gasteiger partial charge on any atom is 0.0107 e. The number of benzene rings is 1. The maximum atomic E-state index is 3.62. The molecule has 1 aliphatic rings. The van der Waals surface area contributed by atoms with E-state index in [1.54, 1.807) is 5.56 Å². The molecule has 0 fully saturated rings. The van der Waals surface area contributed by atoms with Crippen molar-refractivity contribution >= 4 is 11.8 Å². The molecule has 2 rings (SSSR count). The molecule has 0 amide bonds. The van der Waals surface area contributed by atoms with E-state index in [9.17, 15) is 0 Å². The van der Waals surface area contributed by atoms with Gasteiger partial charge in [0.25, 0.3) is 0 Å². The number of thioether (sulfide) groups is 1. The fraction of sp³-hybridized carbons (Fsp3) is 0.647. The average Bonchev–Trinajstić information content (AvgIpc) is 2.79. The van der Waals surface area contributed by atoms with E-state index in [-0.39, 0.29) is 0 Å². The second kappa shape index (κ2) is 6.81. The van der Waals surface area contributed by atoms with Gasteiger partial charge in [-0.25, -0.2) is 0 Å². The van der Waals surface area contributed by atoms with E-state index in [0.29, 0.717) is 6.04 Å². The van der Waals surface area contributed by atoms with Gasteiger partial charge in [0.1, 0.15) is 0 Å². The monoisotopic (exact) mass is 277 g/mol. The van der Waals surface area contributed by atoms with Crippen LogP contribution in [0.4, 0.5) is 0 Å². The Morgan fingerprint density at radius 3 is 2.68 bits per heavy atom. The summed E-state index contributed by atoms with van der Waals surface area (Å²) in [6.07, 6.45) is 1.32. The zero-order valence-electron chi connectivity index (χ0n) is 12.6. The van der Waals surface area contributed by atoms with Crippen molar-refractivity contribution in [1.29, 1.82) is 0 Å². The van der Waals surface area contributed by atoms with Gasteiger partial charge in [0.05, 0.1) is 0 Å². The SMILES string of the molecule is CCNC(C)C(CC1CSc2ccccc21)C(C)C. The Bertz CT molecular complexity index is 402. The normalized spacial score (nSPS) is 21.4. The summed E-state index contributed by atoms with van der Waals surface area (Å²) in [4.78, 5) is 1.51. The molecule has 0 bridgehead atoms. The molecular weight excluding hydrogens is 250 g/mol. The molecule has 0 radical (unpaired) electrons. The molecule has 0 spiro atoms. The molecule has 1 aliphatic heterocycles. The first-order chi connectivity index (χ1) is 9.13. The second-order valence-electron chi connectivity index (χ2n) is 6.04. The fourth-order valence-electron chi connectivity index (χ4n) is 3.28. The van der Waals surface area contributed by atoms with Crippen molar-refractivity contribution in [2.24, 2.45) is 11.8 Å². The Morgan fingerprint density at radius 1 is 1.26 bits per heavy atom. The fourth-order valence-corrected chi connectivity index (χ4v) is 4.55. The van der Waals surface area contributed by atoms with Gasteiger partial charge < -0.3 is 5.32 Å². The van der Waals surface area contributed by atoms with Crippen molar-refractivity contribution in [2.75, 3.05) is 12.3 Å². The largest absolute Gasteiger partial charge is 0.314 e. The Balaban J connectivity index is 2.07. The van der Waals surface area contributed by atoms with Crippen LogP contribution in [0.15, 0.2) is 29.2 Å². The lowest BCUT2D eigenvalue weighted by Gasteiger charge is -2.30. The first kappa shape index (κ1) is 14.9. The lowest BCUT2D eigenvalue weighted by atomic mass is 9.80. The van der Waals surface area contributed by atoms with Crippen molar-refractivity contribution in [1.82, 2.24) is 5.32 Å². The van der Waals surface area contributed by atoms with Gasteiger partial charge >= 0.3 is 0 Å². The lowest BCUT2D eigenvalue weighted by molar-refractivity contribution is 0.264. The minimum absolute atomic E-state index is 0.614. The van der Waals surface area contributed by atoms with Crippen LogP contribution in [-0.4, -0.2) is 18.3 Å². The van der Waals surface area contributed by atoms with Gasteiger partial charge in [-0.15, -0.1) is 11.8 Å². The van der Waals surface area contributed by atoms with E-state index in [1.165, 1.54) is 17.1 Å². The van der Waals surface area contributed by atoms with Crippen molar-refractivity contribution in [3.8, 4) is 0 Å². The standard InChI is InChI=1S/C17H27NS/c1-5-18-13(4)16(12(2)3)10-14-11-19-17-9-7-6-8-15(14)17/h6-9,12-14,16,18H,5,10-11H2,1-4H3. The van der Waals surface area contributed by atoms with Crippen LogP contribution in [0.25, 0.3) is 0 Å². The van der Waals surface area contributed by atoms with Gasteiger partial charge in [-0.3, -0.25) is 0 Å². The summed E-state index contributed by atoms with van der Waals surface area (Å²) in [6.45, 7) is 10.4. The van der Waals surface area contributed by atoms with Gasteiger partial charge in [-0.2, -0.15) is 0 Å². The molecule has 0 aliphatic carbocycles. The van der Waals surface area contributed by atoms with Crippen LogP contribution >= 0.6 is 11.8 Å². The Morgan fingerprint density at radius 2 is 2.00 bits per heavy atom. The maximum absolute atomic E-state index is 3.62. The molecule has 1 aromatic rings. The van der Waals surface area contributed by atoms with Crippen LogP contribution in [-0.2, 0) is 0 Å². The van der Waals surface area contributed by atoms with E-state index < -0.39 is 0 Å². The molecule has 1 N–H and O–H groups in total. The molecular formula is C17H27NS. The number of nitrogens with one attached hydrogen (secondary N) is 1. The molecule has 19 heavy (non-hydrogen) atoms. The highest BCUT2D eigenvalue weighted by atomic mass is 32.2. The van der Waals surface area contributed by atoms with Crippen LogP contribution in [0.5, 0.6) is 0 Å². The molecule has 3 atom stereocenters. The van der Waals surface area contributed by atoms with Gasteiger partial charge in [0.15, 0.2) is 0 Å². The third kappa shape index (κ3) is 3.55. The molecule has 0 saturated heterocycles. The van der Waals surface area contributed by atoms with Crippen LogP contribution in [0, 0.1) is 11.8 Å². The smallest absolute Gasteiger partial charge is 0.0107 e. The first-order valence-electron chi connectivity index (χ1n) is 7.58. The Labute approximate surface area is 122 Å². The van der Waals surface area contributed by atoms with E-state index in [1.807, 2.05) is 11.8 Å². The number of hydrogen-bond donors (Lipinski definition) is 1. The molecule has 1 heterocycles. The lowest BCUT2D eigenvalue weighted by Crippen LogP contribution is -2.37. The highest BCUT2D eigenvalue weighted by molar-refractivity contribution is 7.99. The van der Waals surface area contributed by atoms with Crippen molar-refractivity contribution < 1.29 is 0 Å². The third-order valence-electron chi connectivity index (χ3n) is 4.38. The first-order valence-corrected chi connectivity index (χ1v) is 8.57. The molecule has 1 nitrogen and oxygen atoms in total. The summed E-state index contributed by atoms with van der Waals surface area (Å²) in [5.74, 6) is 3.51. The predicted molar refractivity (Wildman–Crippen MR) is 86.0 cm³/mol. The Kier molecular flexibility index (Phi) is 5.35. The van der Waals surface area contributed by atoms with Crippen molar-refractivity contribution in [2.45, 2.75) is 51.0 Å². The van der Waals surface area contributed by atoms with Crippen LogP contribution < -0.4 is 5.32 Å². The molecule has 0 aromatic heterocycles. The minimum Gasteiger partial charge on any atom is -0.314 e. The van der Waals surface area contributed by atoms with Gasteiger partial charge in [0.2, 0.25) is 0 Å². The number of rotatable bonds is 6. The molecule has 2 heteroatoms. The van der Waals surface area contributed by atoms with Crippen LogP contribution in [0.2, 0.25) is 0 Å². The van der Waals surface area contributed by atoms with E-state index >= 15 is 0 Å². The predicted octanol–water partition coefficient (Wildman–Crippen LogP) is 4.54. The highest BCUT2D eigenvalue weighted by Gasteiger charge is 2.29. The zero-order chi connectivity index (χ0) is 13.8. The summed E-state index contributed by atoms with van der Waals surface area (Å²) in [7, 11) is 0. The molecule has 106 valence electrons. The zero-order valence-corrected chi connectivity index (χ0v) is 13.5. The van der Waals surface area contributed by atoms with Gasteiger partial charge in [0, 0.05) is 16.7 Å². The summed E-state index contributed by atoms with van der Waals surface area (Å²) >= 11 is 2.03. The summed E-state index contributed by atoms with van der Waals surface area (Å²) < 4.78 is 0. The quantitative estimate of drug-likeness (QED) is 0.819. The molecule has 3 unspecified atom stereocenters. The summed E-state index contributed by atoms with van der Waals surface area (Å²) in [5.41, 5.74) is 1.59. The van der Waals surface area contributed by atoms with E-state index in [0.717, 1.165) is 24.3 Å². The Hall–Kier alpha value is -0.470. The summed E-state index contributed by atoms with van der Waals surface area (Å²) in [6, 6.07) is 9.57. The van der Waals surface area contributed by atoms with Gasteiger partial charge in [-0.05, 0) is 49.3 Å². The van der Waals surface area contributed by atoms with E-state index in [4.69, 9.17) is 0 Å². The van der Waals surface area contributed by atoms with Crippen molar-refractivity contribution in [3.63, 3.8) is 0 Å². The highest BCUT2D eigenvalue weighted by Crippen LogP contribution is 2.43. The average molecular weight is 277 g/mol. The number of fused-ring (bicyclic) bond motifs is 1. The van der Waals surface area contributed by atoms with Crippen LogP contribution in [0.3, 0.4) is 0 Å². The van der Waals surface area contributed by atoms with Crippen LogP contribution in [0.1, 0.15) is 45.6 Å².